The molecule has 1 aliphatic carbocycles. The van der Waals surface area contributed by atoms with Crippen molar-refractivity contribution in [1.82, 2.24) is 29.7 Å². The van der Waals surface area contributed by atoms with Crippen LogP contribution >= 0.6 is 0 Å². The average molecular weight is 590 g/mol. The Balaban J connectivity index is 1.07. The number of benzene rings is 1. The summed E-state index contributed by atoms with van der Waals surface area (Å²) >= 11 is 0. The van der Waals surface area contributed by atoms with Gasteiger partial charge in [-0.05, 0) is 74.6 Å². The van der Waals surface area contributed by atoms with Crippen molar-refractivity contribution >= 4 is 29.0 Å². The predicted octanol–water partition coefficient (Wildman–Crippen LogP) is 1.58. The van der Waals surface area contributed by atoms with Crippen molar-refractivity contribution in [3.8, 4) is 17.6 Å². The van der Waals surface area contributed by atoms with Crippen LogP contribution in [0.2, 0.25) is 0 Å². The maximum absolute atomic E-state index is 12.6. The van der Waals surface area contributed by atoms with E-state index in [1.807, 2.05) is 26.0 Å². The molecule has 2 amide bonds. The number of anilines is 1. The van der Waals surface area contributed by atoms with E-state index >= 15 is 0 Å². The van der Waals surface area contributed by atoms with E-state index in [2.05, 4.69) is 32.1 Å². The number of piperidine rings is 1. The summed E-state index contributed by atoms with van der Waals surface area (Å²) in [6.07, 6.45) is -0.150. The fourth-order valence-electron chi connectivity index (χ4n) is 5.33. The Hall–Kier alpha value is -4.25. The van der Waals surface area contributed by atoms with Gasteiger partial charge < -0.3 is 35.6 Å². The second kappa shape index (κ2) is 11.8. The summed E-state index contributed by atoms with van der Waals surface area (Å²) in [5.74, 6) is 6.77. The molecule has 3 aliphatic rings. The first kappa shape index (κ1) is 28.9. The lowest BCUT2D eigenvalue weighted by atomic mass is 9.94. The van der Waals surface area contributed by atoms with E-state index in [-0.39, 0.29) is 29.4 Å². The molecule has 0 spiro atoms. The number of hydrogen-bond donors (Lipinski definition) is 4. The zero-order valence-electron chi connectivity index (χ0n) is 24.1. The summed E-state index contributed by atoms with van der Waals surface area (Å²) in [7, 11) is 0. The summed E-state index contributed by atoms with van der Waals surface area (Å²) in [4.78, 5) is 39.9. The number of aliphatic hydroxyl groups excluding tert-OH is 2. The summed E-state index contributed by atoms with van der Waals surface area (Å²) in [5.41, 5.74) is 8.91. The summed E-state index contributed by atoms with van der Waals surface area (Å²) < 4.78 is 12.8. The van der Waals surface area contributed by atoms with Gasteiger partial charge in [0.15, 0.2) is 23.8 Å². The summed E-state index contributed by atoms with van der Waals surface area (Å²) in [6, 6.07) is 5.69. The zero-order chi connectivity index (χ0) is 30.2. The molecule has 1 aromatic carbocycles. The second-order valence-corrected chi connectivity index (χ2v) is 11.5. The number of aliphatic hydroxyl groups is 2. The normalized spacial score (nSPS) is 24.0. The molecule has 0 radical (unpaired) electrons. The number of hydrogen-bond acceptors (Lipinski definition) is 10. The first-order chi connectivity index (χ1) is 20.7. The Morgan fingerprint density at radius 2 is 1.88 bits per heavy atom. The summed E-state index contributed by atoms with van der Waals surface area (Å²) in [6.45, 7) is 5.16. The molecular weight excluding hydrogens is 554 g/mol. The molecule has 13 heteroatoms. The molecule has 1 unspecified atom stereocenters. The molecule has 226 valence electrons. The van der Waals surface area contributed by atoms with Gasteiger partial charge in [-0.25, -0.2) is 19.7 Å². The molecule has 0 bridgehead atoms. The van der Waals surface area contributed by atoms with E-state index < -0.39 is 30.4 Å². The zero-order valence-corrected chi connectivity index (χ0v) is 24.1. The number of ether oxygens (including phenoxy) is 2. The largest absolute Gasteiger partial charge is 0.415 e. The standard InChI is InChI=1S/C30H35N7O6/c1-16-6-9-20(14-17(16)2)42-30(41)36-12-10-18(11-13-36)4-3-5-21-34-26(31)22-27(35-21)37(15-32-22)29-24(39)23(38)25(43-29)28(40)33-19-7-8-19/h6,9,14-15,18-19,23-25,29,38-39H,4,7-8,10-13H2,1-2H3,(H,33,40)(H2,31,34,35)/t23?,24-,25-,29+/m0/s1. The van der Waals surface area contributed by atoms with Gasteiger partial charge in [0.25, 0.3) is 5.91 Å². The first-order valence-electron chi connectivity index (χ1n) is 14.5. The minimum absolute atomic E-state index is 0.0831. The predicted molar refractivity (Wildman–Crippen MR) is 155 cm³/mol. The van der Waals surface area contributed by atoms with Crippen molar-refractivity contribution in [2.75, 3.05) is 18.8 Å². The molecule has 1 saturated carbocycles. The third-order valence-corrected chi connectivity index (χ3v) is 8.29. The van der Waals surface area contributed by atoms with Crippen molar-refractivity contribution in [3.05, 3.63) is 41.5 Å². The van der Waals surface area contributed by atoms with E-state index in [4.69, 9.17) is 15.2 Å². The van der Waals surface area contributed by atoms with Crippen LogP contribution in [-0.4, -0.2) is 84.1 Å². The molecule has 13 nitrogen and oxygen atoms in total. The van der Waals surface area contributed by atoms with Crippen molar-refractivity contribution < 1.29 is 29.3 Å². The number of rotatable bonds is 5. The Labute approximate surface area is 248 Å². The van der Waals surface area contributed by atoms with Crippen LogP contribution in [0.15, 0.2) is 24.5 Å². The molecule has 2 aromatic heterocycles. The topological polar surface area (TPSA) is 178 Å². The second-order valence-electron chi connectivity index (χ2n) is 11.5. The van der Waals surface area contributed by atoms with Crippen molar-refractivity contribution in [1.29, 1.82) is 0 Å². The van der Waals surface area contributed by atoms with Crippen LogP contribution < -0.4 is 15.8 Å². The number of likely N-dealkylation sites (tertiary alicyclic amines) is 1. The van der Waals surface area contributed by atoms with Gasteiger partial charge in [-0.15, -0.1) is 0 Å². The van der Waals surface area contributed by atoms with Crippen molar-refractivity contribution in [3.63, 3.8) is 0 Å². The lowest BCUT2D eigenvalue weighted by molar-refractivity contribution is -0.137. The highest BCUT2D eigenvalue weighted by Gasteiger charge is 2.48. The SMILES string of the molecule is Cc1ccc(OC(=O)N2CCC(CC#Cc3nc(N)c4ncn([C@@H]5O[C@H](C(=O)NC6CC6)C(O)[C@@H]5O)c4n3)CC2)cc1C. The highest BCUT2D eigenvalue weighted by molar-refractivity contribution is 5.83. The number of aromatic nitrogens is 4. The lowest BCUT2D eigenvalue weighted by Crippen LogP contribution is -2.43. The van der Waals surface area contributed by atoms with Gasteiger partial charge in [-0.2, -0.15) is 0 Å². The minimum atomic E-state index is -1.42. The molecule has 3 fully saturated rings. The number of carbonyl (C=O) groups is 2. The number of nitrogens with one attached hydrogen (secondary N) is 1. The van der Waals surface area contributed by atoms with E-state index in [0.717, 1.165) is 36.8 Å². The smallest absolute Gasteiger partial charge is 0.410 e. The number of nitrogens with two attached hydrogens (primary N) is 1. The Morgan fingerprint density at radius 1 is 1.12 bits per heavy atom. The molecule has 43 heavy (non-hydrogen) atoms. The van der Waals surface area contributed by atoms with E-state index in [1.165, 1.54) is 10.9 Å². The number of aryl methyl sites for hydroxylation is 2. The van der Waals surface area contributed by atoms with Gasteiger partial charge in [0.05, 0.1) is 6.33 Å². The van der Waals surface area contributed by atoms with Crippen LogP contribution in [0.4, 0.5) is 10.6 Å². The molecule has 4 atom stereocenters. The van der Waals surface area contributed by atoms with E-state index in [0.29, 0.717) is 36.7 Å². The Kier molecular flexibility index (Phi) is 7.91. The maximum atomic E-state index is 12.6. The van der Waals surface area contributed by atoms with Crippen LogP contribution in [0.25, 0.3) is 11.2 Å². The fourth-order valence-corrected chi connectivity index (χ4v) is 5.33. The highest BCUT2D eigenvalue weighted by Crippen LogP contribution is 2.33. The maximum Gasteiger partial charge on any atom is 0.415 e. The molecule has 5 N–H and O–H groups in total. The lowest BCUT2D eigenvalue weighted by Gasteiger charge is -2.30. The number of fused-ring (bicyclic) bond motifs is 1. The Bertz CT molecular complexity index is 1600. The molecular formula is C30H35N7O6. The number of amides is 2. The van der Waals surface area contributed by atoms with Crippen LogP contribution in [0.1, 0.15) is 55.3 Å². The molecule has 4 heterocycles. The van der Waals surface area contributed by atoms with E-state index in [9.17, 15) is 19.8 Å². The molecule has 6 rings (SSSR count). The number of nitrogens with zero attached hydrogens (tertiary/aromatic N) is 5. The fraction of sp³-hybridized carbons (Fsp3) is 0.500. The van der Waals surface area contributed by atoms with Gasteiger partial charge in [-0.3, -0.25) is 9.36 Å². The quantitative estimate of drug-likeness (QED) is 0.319. The number of carbonyl (C=O) groups excluding carboxylic acids is 2. The van der Waals surface area contributed by atoms with Crippen molar-refractivity contribution in [2.45, 2.75) is 76.5 Å². The van der Waals surface area contributed by atoms with Crippen LogP contribution in [0, 0.1) is 31.6 Å². The number of nitrogen functional groups attached to an aromatic ring is 1. The molecule has 2 saturated heterocycles. The summed E-state index contributed by atoms with van der Waals surface area (Å²) in [5, 5.41) is 24.0. The third kappa shape index (κ3) is 6.13. The molecule has 2 aliphatic heterocycles. The van der Waals surface area contributed by atoms with Crippen LogP contribution in [-0.2, 0) is 9.53 Å². The first-order valence-corrected chi connectivity index (χ1v) is 14.5. The van der Waals surface area contributed by atoms with Gasteiger partial charge in [0.1, 0.15) is 23.5 Å². The van der Waals surface area contributed by atoms with Gasteiger partial charge in [0.2, 0.25) is 5.82 Å². The van der Waals surface area contributed by atoms with Crippen molar-refractivity contribution in [2.24, 2.45) is 5.92 Å². The van der Waals surface area contributed by atoms with Crippen LogP contribution in [0.3, 0.4) is 0 Å². The average Bonchev–Trinajstić information content (AvgIpc) is 3.62. The van der Waals surface area contributed by atoms with Crippen LogP contribution in [0.5, 0.6) is 5.75 Å². The highest BCUT2D eigenvalue weighted by atomic mass is 16.6. The third-order valence-electron chi connectivity index (χ3n) is 8.29. The van der Waals surface area contributed by atoms with Gasteiger partial charge >= 0.3 is 6.09 Å². The minimum Gasteiger partial charge on any atom is -0.410 e. The molecule has 3 aromatic rings. The van der Waals surface area contributed by atoms with Gasteiger partial charge in [0, 0.05) is 25.6 Å². The van der Waals surface area contributed by atoms with Gasteiger partial charge in [-0.1, -0.05) is 12.0 Å². The number of imidazole rings is 1. The monoisotopic (exact) mass is 589 g/mol. The van der Waals surface area contributed by atoms with E-state index in [1.54, 1.807) is 11.0 Å². The Morgan fingerprint density at radius 3 is 2.60 bits per heavy atom.